The van der Waals surface area contributed by atoms with Crippen molar-refractivity contribution in [3.63, 3.8) is 0 Å². The summed E-state index contributed by atoms with van der Waals surface area (Å²) in [5.74, 6) is 0.948. The van der Waals surface area contributed by atoms with Gasteiger partial charge in [0.05, 0.1) is 24.5 Å². The molecule has 6 heteroatoms. The topological polar surface area (TPSA) is 44.4 Å². The molecule has 0 spiro atoms. The first-order valence-corrected chi connectivity index (χ1v) is 10.2. The molecule has 0 N–H and O–H groups in total. The van der Waals surface area contributed by atoms with Gasteiger partial charge < -0.3 is 14.2 Å². The molecule has 0 atom stereocenters. The third-order valence-electron chi connectivity index (χ3n) is 5.68. The molecule has 0 amide bonds. The van der Waals surface area contributed by atoms with Crippen molar-refractivity contribution in [1.82, 2.24) is 9.47 Å². The van der Waals surface area contributed by atoms with Gasteiger partial charge in [0.25, 0.3) is 0 Å². The molecule has 3 rings (SSSR count). The molecule has 1 saturated heterocycles. The highest BCUT2D eigenvalue weighted by molar-refractivity contribution is 7.71. The van der Waals surface area contributed by atoms with Crippen molar-refractivity contribution < 1.29 is 4.74 Å². The highest BCUT2D eigenvalue weighted by Crippen LogP contribution is 2.29. The van der Waals surface area contributed by atoms with Crippen LogP contribution in [0.15, 0.2) is 24.3 Å². The summed E-state index contributed by atoms with van der Waals surface area (Å²) >= 11 is 5.63. The zero-order valence-corrected chi connectivity index (χ0v) is 18.0. The predicted octanol–water partition coefficient (Wildman–Crippen LogP) is 4.19. The summed E-state index contributed by atoms with van der Waals surface area (Å²) in [7, 11) is 0. The first kappa shape index (κ1) is 20.4. The molecule has 2 aromatic rings. The van der Waals surface area contributed by atoms with Crippen molar-refractivity contribution in [2.75, 3.05) is 37.7 Å². The SMILES string of the molecule is CCOc1ccccc1N1CCN(Cn2c(C)c(C)c(C)c(C#N)c2=S)CC1. The number of hydrogen-bond acceptors (Lipinski definition) is 5. The molecule has 1 aromatic carbocycles. The quantitative estimate of drug-likeness (QED) is 0.709. The number of aromatic nitrogens is 1. The van der Waals surface area contributed by atoms with Crippen LogP contribution in [0.3, 0.4) is 0 Å². The van der Waals surface area contributed by atoms with Crippen LogP contribution in [0.5, 0.6) is 5.75 Å². The Kier molecular flexibility index (Phi) is 6.38. The summed E-state index contributed by atoms with van der Waals surface area (Å²) in [4.78, 5) is 4.78. The normalized spacial score (nSPS) is 14.8. The third kappa shape index (κ3) is 3.91. The first-order chi connectivity index (χ1) is 13.5. The zero-order chi connectivity index (χ0) is 20.3. The van der Waals surface area contributed by atoms with Crippen LogP contribution >= 0.6 is 12.2 Å². The lowest BCUT2D eigenvalue weighted by Crippen LogP contribution is -2.47. The highest BCUT2D eigenvalue weighted by atomic mass is 32.1. The molecule has 2 heterocycles. The molecule has 0 aliphatic carbocycles. The van der Waals surface area contributed by atoms with E-state index in [1.807, 2.05) is 26.0 Å². The molecule has 0 saturated carbocycles. The molecule has 1 aliphatic heterocycles. The van der Waals surface area contributed by atoms with Gasteiger partial charge in [-0.05, 0) is 51.0 Å². The summed E-state index contributed by atoms with van der Waals surface area (Å²) in [6.45, 7) is 13.3. The van der Waals surface area contributed by atoms with Crippen LogP contribution in [0.4, 0.5) is 5.69 Å². The number of hydrogen-bond donors (Lipinski definition) is 0. The van der Waals surface area contributed by atoms with Gasteiger partial charge in [0.15, 0.2) is 0 Å². The molecule has 1 fully saturated rings. The van der Waals surface area contributed by atoms with Gasteiger partial charge in [0.1, 0.15) is 16.5 Å². The van der Waals surface area contributed by atoms with Crippen LogP contribution in [0.25, 0.3) is 0 Å². The van der Waals surface area contributed by atoms with Gasteiger partial charge in [-0.2, -0.15) is 5.26 Å². The van der Waals surface area contributed by atoms with E-state index in [-0.39, 0.29) is 0 Å². The third-order valence-corrected chi connectivity index (χ3v) is 6.10. The Bertz CT molecular complexity index is 952. The van der Waals surface area contributed by atoms with Gasteiger partial charge in [0, 0.05) is 31.9 Å². The maximum absolute atomic E-state index is 9.51. The minimum Gasteiger partial charge on any atom is -0.492 e. The molecular formula is C22H28N4OS. The lowest BCUT2D eigenvalue weighted by atomic mass is 10.0. The molecule has 0 bridgehead atoms. The van der Waals surface area contributed by atoms with Gasteiger partial charge >= 0.3 is 0 Å². The van der Waals surface area contributed by atoms with E-state index in [0.29, 0.717) is 16.8 Å². The number of nitrogens with zero attached hydrogens (tertiary/aromatic N) is 4. The van der Waals surface area contributed by atoms with Crippen molar-refractivity contribution in [2.24, 2.45) is 0 Å². The monoisotopic (exact) mass is 396 g/mol. The largest absolute Gasteiger partial charge is 0.492 e. The van der Waals surface area contributed by atoms with Crippen molar-refractivity contribution in [3.8, 4) is 11.8 Å². The Balaban J connectivity index is 1.75. The fraction of sp³-hybridized carbons (Fsp3) is 0.455. The van der Waals surface area contributed by atoms with E-state index in [9.17, 15) is 5.26 Å². The molecule has 0 unspecified atom stereocenters. The Morgan fingerprint density at radius 2 is 1.75 bits per heavy atom. The second-order valence-corrected chi connectivity index (χ2v) is 7.59. The summed E-state index contributed by atoms with van der Waals surface area (Å²) in [6, 6.07) is 10.5. The minimum atomic E-state index is 0.627. The van der Waals surface area contributed by atoms with E-state index >= 15 is 0 Å². The number of ether oxygens (including phenoxy) is 1. The van der Waals surface area contributed by atoms with Crippen LogP contribution < -0.4 is 9.64 Å². The van der Waals surface area contributed by atoms with Gasteiger partial charge in [-0.25, -0.2) is 0 Å². The summed E-state index contributed by atoms with van der Waals surface area (Å²) in [6.07, 6.45) is 0. The van der Waals surface area contributed by atoms with Gasteiger partial charge in [-0.3, -0.25) is 4.90 Å². The van der Waals surface area contributed by atoms with E-state index in [1.165, 1.54) is 0 Å². The summed E-state index contributed by atoms with van der Waals surface area (Å²) in [5.41, 5.74) is 5.08. The zero-order valence-electron chi connectivity index (χ0n) is 17.2. The summed E-state index contributed by atoms with van der Waals surface area (Å²) in [5, 5.41) is 9.51. The minimum absolute atomic E-state index is 0.627. The number of rotatable bonds is 5. The smallest absolute Gasteiger partial charge is 0.142 e. The van der Waals surface area contributed by atoms with Gasteiger partial charge in [0.2, 0.25) is 0 Å². The van der Waals surface area contributed by atoms with E-state index in [1.54, 1.807) is 0 Å². The van der Waals surface area contributed by atoms with E-state index in [0.717, 1.165) is 61.1 Å². The lowest BCUT2D eigenvalue weighted by Gasteiger charge is -2.37. The number of anilines is 1. The fourth-order valence-corrected chi connectivity index (χ4v) is 4.13. The molecule has 148 valence electrons. The lowest BCUT2D eigenvalue weighted by molar-refractivity contribution is 0.202. The molecule has 5 nitrogen and oxygen atoms in total. The molecule has 1 aliphatic rings. The van der Waals surface area contributed by atoms with E-state index < -0.39 is 0 Å². The number of pyridine rings is 1. The van der Waals surface area contributed by atoms with Crippen LogP contribution in [0.2, 0.25) is 0 Å². The average molecular weight is 397 g/mol. The maximum atomic E-state index is 9.51. The van der Waals surface area contributed by atoms with E-state index in [2.05, 4.69) is 46.4 Å². The Labute approximate surface area is 172 Å². The number of piperazine rings is 1. The summed E-state index contributed by atoms with van der Waals surface area (Å²) < 4.78 is 8.55. The maximum Gasteiger partial charge on any atom is 0.142 e. The van der Waals surface area contributed by atoms with Gasteiger partial charge in [-0.1, -0.05) is 24.4 Å². The number of para-hydroxylation sites is 2. The van der Waals surface area contributed by atoms with E-state index in [4.69, 9.17) is 17.0 Å². The molecular weight excluding hydrogens is 368 g/mol. The highest BCUT2D eigenvalue weighted by Gasteiger charge is 2.21. The molecule has 1 aromatic heterocycles. The van der Waals surface area contributed by atoms with Crippen molar-refractivity contribution in [3.05, 3.63) is 51.3 Å². The predicted molar refractivity (Wildman–Crippen MR) is 116 cm³/mol. The standard InChI is InChI=1S/C22H28N4OS/c1-5-27-21-9-7-6-8-20(21)25-12-10-24(11-13-25)15-26-18(4)16(2)17(3)19(14-23)22(26)28/h6-9H,5,10-13,15H2,1-4H3. The molecule has 28 heavy (non-hydrogen) atoms. The average Bonchev–Trinajstić information content (AvgIpc) is 2.71. The van der Waals surface area contributed by atoms with Crippen LogP contribution in [0, 0.1) is 36.7 Å². The first-order valence-electron chi connectivity index (χ1n) is 9.77. The number of benzene rings is 1. The van der Waals surface area contributed by atoms with Crippen molar-refractivity contribution in [2.45, 2.75) is 34.4 Å². The second kappa shape index (κ2) is 8.76. The number of nitriles is 1. The van der Waals surface area contributed by atoms with Gasteiger partial charge in [-0.15, -0.1) is 0 Å². The van der Waals surface area contributed by atoms with Crippen molar-refractivity contribution in [1.29, 1.82) is 5.26 Å². The Hall–Kier alpha value is -2.36. The molecule has 0 radical (unpaired) electrons. The van der Waals surface area contributed by atoms with Crippen LogP contribution in [-0.4, -0.2) is 42.3 Å². The van der Waals surface area contributed by atoms with Crippen LogP contribution in [-0.2, 0) is 6.67 Å². The Morgan fingerprint density at radius 1 is 1.07 bits per heavy atom. The second-order valence-electron chi connectivity index (χ2n) is 7.20. The Morgan fingerprint density at radius 3 is 2.39 bits per heavy atom. The fourth-order valence-electron chi connectivity index (χ4n) is 3.74. The van der Waals surface area contributed by atoms with Crippen molar-refractivity contribution >= 4 is 17.9 Å². The van der Waals surface area contributed by atoms with Crippen LogP contribution in [0.1, 0.15) is 29.3 Å².